The summed E-state index contributed by atoms with van der Waals surface area (Å²) in [7, 11) is 1.36. The van der Waals surface area contributed by atoms with E-state index in [-0.39, 0.29) is 35.4 Å². The first kappa shape index (κ1) is 23.7. The molecule has 0 aliphatic rings. The number of aromatic nitrogens is 4. The fourth-order valence-electron chi connectivity index (χ4n) is 4.01. The van der Waals surface area contributed by atoms with Crippen LogP contribution in [-0.2, 0) is 9.53 Å². The third kappa shape index (κ3) is 4.34. The molecule has 0 aliphatic heterocycles. The summed E-state index contributed by atoms with van der Waals surface area (Å²) in [4.78, 5) is 24.5. The van der Waals surface area contributed by atoms with E-state index < -0.39 is 11.6 Å². The molecule has 0 saturated carbocycles. The van der Waals surface area contributed by atoms with Gasteiger partial charge in [0.2, 0.25) is 0 Å². The van der Waals surface area contributed by atoms with Crippen LogP contribution < -0.4 is 5.32 Å². The molecule has 1 atom stereocenters. The maximum atomic E-state index is 14.3. The van der Waals surface area contributed by atoms with Gasteiger partial charge >= 0.3 is 5.97 Å². The predicted molar refractivity (Wildman–Crippen MR) is 129 cm³/mol. The minimum Gasteiger partial charge on any atom is -0.469 e. The minimum atomic E-state index is -0.683. The minimum absolute atomic E-state index is 0.124. The molecule has 0 bridgehead atoms. The van der Waals surface area contributed by atoms with E-state index in [0.717, 1.165) is 11.5 Å². The van der Waals surface area contributed by atoms with Gasteiger partial charge in [-0.15, -0.1) is 0 Å². The van der Waals surface area contributed by atoms with Gasteiger partial charge < -0.3 is 19.6 Å². The van der Waals surface area contributed by atoms with Gasteiger partial charge in [-0.1, -0.05) is 20.8 Å². The fourth-order valence-corrected chi connectivity index (χ4v) is 4.01. The predicted octanol–water partition coefficient (Wildman–Crippen LogP) is 5.83. The van der Waals surface area contributed by atoms with E-state index in [0.29, 0.717) is 28.2 Å². The van der Waals surface area contributed by atoms with Gasteiger partial charge in [0.15, 0.2) is 5.82 Å². The Labute approximate surface area is 196 Å². The number of esters is 1. The van der Waals surface area contributed by atoms with E-state index in [1.807, 2.05) is 51.4 Å². The number of rotatable bonds is 6. The number of hydrogen-bond donors (Lipinski definition) is 2. The molecule has 4 rings (SSSR count). The van der Waals surface area contributed by atoms with Gasteiger partial charge in [-0.3, -0.25) is 4.79 Å². The second-order valence-corrected chi connectivity index (χ2v) is 9.81. The lowest BCUT2D eigenvalue weighted by Crippen LogP contribution is -2.36. The van der Waals surface area contributed by atoms with Crippen molar-refractivity contribution in [2.24, 2.45) is 5.41 Å². The Bertz CT molecular complexity index is 1370. The highest BCUT2D eigenvalue weighted by Crippen LogP contribution is 2.34. The number of anilines is 1. The number of halogens is 2. The molecular formula is C25H29F2N5O2. The lowest BCUT2D eigenvalue weighted by molar-refractivity contribution is -0.141. The van der Waals surface area contributed by atoms with Crippen molar-refractivity contribution in [3.63, 3.8) is 0 Å². The van der Waals surface area contributed by atoms with Crippen LogP contribution in [-0.4, -0.2) is 38.6 Å². The van der Waals surface area contributed by atoms with Gasteiger partial charge in [0.1, 0.15) is 23.1 Å². The SMILES string of the molecule is COC(=O)CC(Nc1nc(-c2c[nH]c3c(F)cc(F)cc23)nc2c1ccn2C(C)C)C(C)(C)C. The monoisotopic (exact) mass is 469 g/mol. The van der Waals surface area contributed by atoms with Gasteiger partial charge in [0.05, 0.1) is 24.4 Å². The lowest BCUT2D eigenvalue weighted by atomic mass is 9.84. The summed E-state index contributed by atoms with van der Waals surface area (Å²) in [5.74, 6) is -0.842. The molecule has 0 aliphatic carbocycles. The number of carbonyl (C=O) groups excluding carboxylic acids is 1. The number of ether oxygens (including phenoxy) is 1. The van der Waals surface area contributed by atoms with E-state index in [1.165, 1.54) is 13.2 Å². The van der Waals surface area contributed by atoms with Crippen LogP contribution in [0.25, 0.3) is 33.3 Å². The molecular weight excluding hydrogens is 440 g/mol. The van der Waals surface area contributed by atoms with E-state index >= 15 is 0 Å². The van der Waals surface area contributed by atoms with Crippen LogP contribution >= 0.6 is 0 Å². The largest absolute Gasteiger partial charge is 0.469 e. The number of hydrogen-bond acceptors (Lipinski definition) is 5. The van der Waals surface area contributed by atoms with Crippen LogP contribution in [0.2, 0.25) is 0 Å². The van der Waals surface area contributed by atoms with Crippen LogP contribution in [0, 0.1) is 17.0 Å². The van der Waals surface area contributed by atoms with Crippen molar-refractivity contribution in [1.82, 2.24) is 19.5 Å². The zero-order valence-corrected chi connectivity index (χ0v) is 20.2. The molecule has 0 amide bonds. The summed E-state index contributed by atoms with van der Waals surface area (Å²) in [6.45, 7) is 10.2. The van der Waals surface area contributed by atoms with Crippen molar-refractivity contribution >= 4 is 33.7 Å². The quantitative estimate of drug-likeness (QED) is 0.347. The summed E-state index contributed by atoms with van der Waals surface area (Å²) < 4.78 is 35.2. The van der Waals surface area contributed by atoms with Crippen LogP contribution in [0.4, 0.5) is 14.6 Å². The number of H-pyrrole nitrogens is 1. The van der Waals surface area contributed by atoms with Gasteiger partial charge in [-0.2, -0.15) is 0 Å². The molecule has 1 unspecified atom stereocenters. The Morgan fingerprint density at radius 1 is 1.21 bits per heavy atom. The zero-order valence-electron chi connectivity index (χ0n) is 20.2. The van der Waals surface area contributed by atoms with E-state index in [1.54, 1.807) is 6.20 Å². The first-order valence-corrected chi connectivity index (χ1v) is 11.2. The average Bonchev–Trinajstić information content (AvgIpc) is 3.36. The number of nitrogens with one attached hydrogen (secondary N) is 2. The Balaban J connectivity index is 1.92. The molecule has 0 fully saturated rings. The summed E-state index contributed by atoms with van der Waals surface area (Å²) in [6, 6.07) is 3.87. The standard InChI is InChI=1S/C25H29F2N5O2/c1-13(2)32-8-7-15-22(29-19(25(3,4)5)11-20(33)34-6)30-23(31-24(15)32)17-12-28-21-16(17)9-14(26)10-18(21)27/h7-10,12-13,19,28H,11H2,1-6H3,(H,29,30,31). The van der Waals surface area contributed by atoms with Crippen LogP contribution in [0.3, 0.4) is 0 Å². The molecule has 7 nitrogen and oxygen atoms in total. The summed E-state index contributed by atoms with van der Waals surface area (Å²) in [6.07, 6.45) is 3.66. The highest BCUT2D eigenvalue weighted by atomic mass is 19.1. The molecule has 2 N–H and O–H groups in total. The number of carbonyl (C=O) groups is 1. The van der Waals surface area contributed by atoms with E-state index in [2.05, 4.69) is 10.3 Å². The molecule has 0 saturated heterocycles. The van der Waals surface area contributed by atoms with Crippen molar-refractivity contribution in [3.8, 4) is 11.4 Å². The van der Waals surface area contributed by atoms with E-state index in [4.69, 9.17) is 14.7 Å². The number of benzene rings is 1. The zero-order chi connectivity index (χ0) is 24.8. The van der Waals surface area contributed by atoms with Crippen LogP contribution in [0.5, 0.6) is 0 Å². The summed E-state index contributed by atoms with van der Waals surface area (Å²) in [5, 5.41) is 4.57. The molecule has 9 heteroatoms. The summed E-state index contributed by atoms with van der Waals surface area (Å²) >= 11 is 0. The van der Waals surface area contributed by atoms with Crippen molar-refractivity contribution in [1.29, 1.82) is 0 Å². The molecule has 3 heterocycles. The first-order chi connectivity index (χ1) is 16.0. The molecule has 180 valence electrons. The van der Waals surface area contributed by atoms with Crippen molar-refractivity contribution in [2.45, 2.75) is 53.1 Å². The van der Waals surface area contributed by atoms with Crippen LogP contribution in [0.15, 0.2) is 30.6 Å². The van der Waals surface area contributed by atoms with E-state index in [9.17, 15) is 13.6 Å². The van der Waals surface area contributed by atoms with Gasteiger partial charge in [-0.25, -0.2) is 18.7 Å². The lowest BCUT2D eigenvalue weighted by Gasteiger charge is -2.31. The normalized spacial score (nSPS) is 13.1. The topological polar surface area (TPSA) is 84.8 Å². The second kappa shape index (κ2) is 8.70. The van der Waals surface area contributed by atoms with Crippen LogP contribution in [0.1, 0.15) is 47.1 Å². The number of nitrogens with zero attached hydrogens (tertiary/aromatic N) is 3. The molecule has 4 aromatic rings. The van der Waals surface area contributed by atoms with Gasteiger partial charge in [0.25, 0.3) is 0 Å². The number of methoxy groups -OCH3 is 1. The molecule has 34 heavy (non-hydrogen) atoms. The molecule has 1 aromatic carbocycles. The number of fused-ring (bicyclic) bond motifs is 2. The third-order valence-corrected chi connectivity index (χ3v) is 6.03. The molecule has 0 radical (unpaired) electrons. The number of aromatic amines is 1. The first-order valence-electron chi connectivity index (χ1n) is 11.2. The molecule has 3 aromatic heterocycles. The highest BCUT2D eigenvalue weighted by Gasteiger charge is 2.29. The van der Waals surface area contributed by atoms with Gasteiger partial charge in [-0.05, 0) is 31.4 Å². The third-order valence-electron chi connectivity index (χ3n) is 6.03. The Morgan fingerprint density at radius 3 is 2.59 bits per heavy atom. The maximum Gasteiger partial charge on any atom is 0.307 e. The van der Waals surface area contributed by atoms with Crippen molar-refractivity contribution in [2.75, 3.05) is 12.4 Å². The smallest absolute Gasteiger partial charge is 0.307 e. The Kier molecular flexibility index (Phi) is 6.05. The highest BCUT2D eigenvalue weighted by molar-refractivity contribution is 5.96. The van der Waals surface area contributed by atoms with Crippen molar-refractivity contribution < 1.29 is 18.3 Å². The maximum absolute atomic E-state index is 14.3. The summed E-state index contributed by atoms with van der Waals surface area (Å²) in [5.41, 5.74) is 1.06. The molecule has 0 spiro atoms. The Hall–Kier alpha value is -3.49. The second-order valence-electron chi connectivity index (χ2n) is 9.81. The fraction of sp³-hybridized carbons (Fsp3) is 0.400. The van der Waals surface area contributed by atoms with Gasteiger partial charge in [0, 0.05) is 41.5 Å². The van der Waals surface area contributed by atoms with Crippen molar-refractivity contribution in [3.05, 3.63) is 42.2 Å². The average molecular weight is 470 g/mol. The Morgan fingerprint density at radius 2 is 1.94 bits per heavy atom.